The molecule has 1 atom stereocenters. The predicted molar refractivity (Wildman–Crippen MR) is 95.0 cm³/mol. The largest absolute Gasteiger partial charge is 0.459 e. The molecular weight excluding hydrogens is 341 g/mol. The summed E-state index contributed by atoms with van der Waals surface area (Å²) in [5.41, 5.74) is 2.18. The first-order chi connectivity index (χ1) is 12.0. The summed E-state index contributed by atoms with van der Waals surface area (Å²) in [5.74, 6) is 1.75. The monoisotopic (exact) mass is 357 g/mol. The number of aromatic nitrogens is 2. The second kappa shape index (κ2) is 6.07. The molecule has 3 heterocycles. The molecule has 0 saturated carbocycles. The minimum absolute atomic E-state index is 0.0716. The molecule has 0 aliphatic carbocycles. The highest BCUT2D eigenvalue weighted by molar-refractivity contribution is 8.00. The summed E-state index contributed by atoms with van der Waals surface area (Å²) in [6.45, 7) is 1.91. The van der Waals surface area contributed by atoms with E-state index in [0.29, 0.717) is 28.7 Å². The van der Waals surface area contributed by atoms with E-state index < -0.39 is 0 Å². The molecule has 1 amide bonds. The molecule has 7 heteroatoms. The summed E-state index contributed by atoms with van der Waals surface area (Å²) in [7, 11) is 1.80. The third kappa shape index (κ3) is 2.74. The summed E-state index contributed by atoms with van der Waals surface area (Å²) in [5, 5.41) is 7.13. The number of carbonyl (C=O) groups excluding carboxylic acids is 1. The van der Waals surface area contributed by atoms with Crippen LogP contribution in [0.25, 0.3) is 11.3 Å². The molecule has 0 spiro atoms. The number of hydrogen-bond acceptors (Lipinski definition) is 4. The predicted octanol–water partition coefficient (Wildman–Crippen LogP) is 3.90. The van der Waals surface area contributed by atoms with E-state index in [1.54, 1.807) is 36.0 Å². The van der Waals surface area contributed by atoms with Crippen LogP contribution >= 0.6 is 11.8 Å². The first-order valence-corrected chi connectivity index (χ1v) is 8.89. The lowest BCUT2D eigenvalue weighted by Gasteiger charge is -2.12. The van der Waals surface area contributed by atoms with Crippen molar-refractivity contribution in [3.8, 4) is 11.3 Å². The van der Waals surface area contributed by atoms with Crippen LogP contribution in [-0.2, 0) is 11.8 Å². The number of fused-ring (bicyclic) bond motifs is 1. The van der Waals surface area contributed by atoms with Crippen LogP contribution in [-0.4, -0.2) is 21.4 Å². The van der Waals surface area contributed by atoms with E-state index in [-0.39, 0.29) is 17.0 Å². The number of benzene rings is 1. The van der Waals surface area contributed by atoms with Crippen molar-refractivity contribution in [2.75, 3.05) is 11.1 Å². The van der Waals surface area contributed by atoms with Gasteiger partial charge in [0, 0.05) is 12.6 Å². The van der Waals surface area contributed by atoms with Gasteiger partial charge in [0.05, 0.1) is 22.3 Å². The number of halogens is 1. The highest BCUT2D eigenvalue weighted by Gasteiger charge is 2.31. The Hall–Kier alpha value is -2.54. The Bertz CT molecular complexity index is 963. The summed E-state index contributed by atoms with van der Waals surface area (Å²) >= 11 is 1.48. The van der Waals surface area contributed by atoms with Gasteiger partial charge in [0.15, 0.2) is 0 Å². The molecule has 128 valence electrons. The molecule has 2 aromatic heterocycles. The molecule has 5 nitrogen and oxygen atoms in total. The van der Waals surface area contributed by atoms with Gasteiger partial charge >= 0.3 is 0 Å². The molecule has 4 rings (SSSR count). The Kier molecular flexibility index (Phi) is 3.88. The Morgan fingerprint density at radius 1 is 1.32 bits per heavy atom. The van der Waals surface area contributed by atoms with Crippen molar-refractivity contribution in [1.82, 2.24) is 9.78 Å². The maximum absolute atomic E-state index is 14.0. The van der Waals surface area contributed by atoms with Gasteiger partial charge in [-0.15, -0.1) is 11.8 Å². The van der Waals surface area contributed by atoms with Gasteiger partial charge in [0.2, 0.25) is 5.91 Å². The molecule has 1 N–H and O–H groups in total. The number of rotatable bonds is 2. The average Bonchev–Trinajstić information content (AvgIpc) is 3.10. The molecule has 0 bridgehead atoms. The topological polar surface area (TPSA) is 60.1 Å². The van der Waals surface area contributed by atoms with Gasteiger partial charge in [-0.25, -0.2) is 4.39 Å². The number of thioether (sulfide) groups is 1. The molecule has 1 aliphatic rings. The van der Waals surface area contributed by atoms with Crippen molar-refractivity contribution in [3.63, 3.8) is 0 Å². The van der Waals surface area contributed by atoms with E-state index in [1.165, 1.54) is 17.8 Å². The lowest BCUT2D eigenvalue weighted by Crippen LogP contribution is -2.15. The number of aryl methyl sites for hydroxylation is 2. The van der Waals surface area contributed by atoms with Gasteiger partial charge in [-0.1, -0.05) is 12.1 Å². The first kappa shape index (κ1) is 16.0. The van der Waals surface area contributed by atoms with Gasteiger partial charge in [0.1, 0.15) is 23.2 Å². The van der Waals surface area contributed by atoms with Crippen molar-refractivity contribution in [2.24, 2.45) is 7.05 Å². The number of anilines is 1. The van der Waals surface area contributed by atoms with Crippen LogP contribution in [0.2, 0.25) is 0 Å². The van der Waals surface area contributed by atoms with Crippen molar-refractivity contribution < 1.29 is 13.6 Å². The fraction of sp³-hybridized carbons (Fsp3) is 0.222. The van der Waals surface area contributed by atoms with Crippen LogP contribution in [0.15, 0.2) is 40.8 Å². The Morgan fingerprint density at radius 2 is 2.12 bits per heavy atom. The van der Waals surface area contributed by atoms with Crippen molar-refractivity contribution in [1.29, 1.82) is 0 Å². The van der Waals surface area contributed by atoms with Crippen LogP contribution in [0.3, 0.4) is 0 Å². The lowest BCUT2D eigenvalue weighted by atomic mass is 10.1. The standard InChI is InChI=1S/C18H16FN3O2S/c1-10-16-17(25-9-15(23)20-18(16)22(2)21-10)14-8-7-13(24-14)11-5-3-4-6-12(11)19/h3-8,17H,9H2,1-2H3,(H,20,23)/t17-/m1/s1. The maximum atomic E-state index is 14.0. The van der Waals surface area contributed by atoms with Crippen LogP contribution in [0.4, 0.5) is 10.2 Å². The maximum Gasteiger partial charge on any atom is 0.235 e. The van der Waals surface area contributed by atoms with E-state index in [2.05, 4.69) is 10.4 Å². The quantitative estimate of drug-likeness (QED) is 0.756. The van der Waals surface area contributed by atoms with Crippen LogP contribution in [0, 0.1) is 12.7 Å². The van der Waals surface area contributed by atoms with Crippen molar-refractivity contribution >= 4 is 23.5 Å². The Morgan fingerprint density at radius 3 is 2.92 bits per heavy atom. The van der Waals surface area contributed by atoms with Gasteiger partial charge in [0.25, 0.3) is 0 Å². The van der Waals surface area contributed by atoms with E-state index >= 15 is 0 Å². The first-order valence-electron chi connectivity index (χ1n) is 7.84. The second-order valence-electron chi connectivity index (χ2n) is 5.89. The van der Waals surface area contributed by atoms with Crippen LogP contribution in [0.5, 0.6) is 0 Å². The SMILES string of the molecule is Cc1nn(C)c2c1[C@@H](c1ccc(-c3ccccc3F)o1)SCC(=O)N2. The molecule has 0 unspecified atom stereocenters. The fourth-order valence-electron chi connectivity index (χ4n) is 3.07. The molecule has 0 fully saturated rings. The normalized spacial score (nSPS) is 17.1. The molecule has 0 radical (unpaired) electrons. The smallest absolute Gasteiger partial charge is 0.235 e. The number of carbonyl (C=O) groups is 1. The number of amides is 1. The fourth-order valence-corrected chi connectivity index (χ4v) is 4.20. The van der Waals surface area contributed by atoms with Gasteiger partial charge < -0.3 is 9.73 Å². The van der Waals surface area contributed by atoms with E-state index in [0.717, 1.165) is 11.3 Å². The molecule has 1 aromatic carbocycles. The van der Waals surface area contributed by atoms with E-state index in [4.69, 9.17) is 4.42 Å². The number of nitrogens with one attached hydrogen (secondary N) is 1. The minimum Gasteiger partial charge on any atom is -0.459 e. The number of furan rings is 1. The molecule has 3 aromatic rings. The van der Waals surface area contributed by atoms with Gasteiger partial charge in [-0.05, 0) is 31.2 Å². The third-order valence-electron chi connectivity index (χ3n) is 4.19. The molecule has 0 saturated heterocycles. The highest BCUT2D eigenvalue weighted by atomic mass is 32.2. The van der Waals surface area contributed by atoms with Crippen LogP contribution in [0.1, 0.15) is 22.3 Å². The lowest BCUT2D eigenvalue weighted by molar-refractivity contribution is -0.113. The molecular formula is C18H16FN3O2S. The number of hydrogen-bond donors (Lipinski definition) is 1. The van der Waals surface area contributed by atoms with E-state index in [1.807, 2.05) is 13.0 Å². The third-order valence-corrected chi connectivity index (χ3v) is 5.42. The number of nitrogens with zero attached hydrogens (tertiary/aromatic N) is 2. The summed E-state index contributed by atoms with van der Waals surface area (Å²) < 4.78 is 21.7. The van der Waals surface area contributed by atoms with E-state index in [9.17, 15) is 9.18 Å². The summed E-state index contributed by atoms with van der Waals surface area (Å²) in [6.07, 6.45) is 0. The Balaban J connectivity index is 1.78. The van der Waals surface area contributed by atoms with Gasteiger partial charge in [-0.3, -0.25) is 9.48 Å². The molecule has 25 heavy (non-hydrogen) atoms. The highest BCUT2D eigenvalue weighted by Crippen LogP contribution is 2.44. The zero-order valence-corrected chi connectivity index (χ0v) is 14.6. The zero-order valence-electron chi connectivity index (χ0n) is 13.7. The van der Waals surface area contributed by atoms with Crippen molar-refractivity contribution in [2.45, 2.75) is 12.2 Å². The van der Waals surface area contributed by atoms with Crippen molar-refractivity contribution in [3.05, 3.63) is 59.2 Å². The summed E-state index contributed by atoms with van der Waals surface area (Å²) in [6, 6.07) is 10.1. The zero-order chi connectivity index (χ0) is 17.6. The molecule has 1 aliphatic heterocycles. The minimum atomic E-state index is -0.327. The average molecular weight is 357 g/mol. The summed E-state index contributed by atoms with van der Waals surface area (Å²) in [4.78, 5) is 12.0. The van der Waals surface area contributed by atoms with Crippen LogP contribution < -0.4 is 5.32 Å². The van der Waals surface area contributed by atoms with Gasteiger partial charge in [-0.2, -0.15) is 5.10 Å². The Labute approximate surface area is 148 Å². The second-order valence-corrected chi connectivity index (χ2v) is 6.99.